The van der Waals surface area contributed by atoms with E-state index < -0.39 is 5.82 Å². The van der Waals surface area contributed by atoms with Crippen LogP contribution in [0.1, 0.15) is 16.8 Å². The molecule has 0 saturated carbocycles. The van der Waals surface area contributed by atoms with Gasteiger partial charge in [-0.1, -0.05) is 0 Å². The molecule has 0 bridgehead atoms. The van der Waals surface area contributed by atoms with Crippen molar-refractivity contribution in [1.29, 1.82) is 0 Å². The molecule has 17 heavy (non-hydrogen) atoms. The monoisotopic (exact) mass is 238 g/mol. The number of rotatable bonds is 2. The molecule has 1 saturated heterocycles. The van der Waals surface area contributed by atoms with E-state index >= 15 is 0 Å². The number of carbonyl (C=O) groups excluding carboxylic acids is 1. The summed E-state index contributed by atoms with van der Waals surface area (Å²) in [5.41, 5.74) is 6.17. The highest BCUT2D eigenvalue weighted by Gasteiger charge is 2.25. The Morgan fingerprint density at radius 1 is 1.59 bits per heavy atom. The predicted molar refractivity (Wildman–Crippen MR) is 61.4 cm³/mol. The lowest BCUT2D eigenvalue weighted by Crippen LogP contribution is -2.31. The Morgan fingerprint density at radius 3 is 2.94 bits per heavy atom. The second-order valence-electron chi connectivity index (χ2n) is 4.15. The molecule has 2 rings (SSSR count). The van der Waals surface area contributed by atoms with Crippen LogP contribution in [0.4, 0.5) is 4.39 Å². The van der Waals surface area contributed by atoms with Crippen LogP contribution in [0.3, 0.4) is 0 Å². The number of nitrogens with zero attached hydrogens (tertiary/aromatic N) is 1. The van der Waals surface area contributed by atoms with Crippen LogP contribution in [-0.4, -0.2) is 37.0 Å². The SMILES string of the molecule is COc1cc(C(=O)N2CC[C@@H](N)C2)ccc1F. The fourth-order valence-electron chi connectivity index (χ4n) is 1.95. The van der Waals surface area contributed by atoms with Crippen LogP contribution >= 0.6 is 0 Å². The molecule has 1 aliphatic rings. The molecule has 0 spiro atoms. The topological polar surface area (TPSA) is 55.6 Å². The molecular formula is C12H15FN2O2. The van der Waals surface area contributed by atoms with E-state index in [0.717, 1.165) is 6.42 Å². The molecule has 4 nitrogen and oxygen atoms in total. The first-order chi connectivity index (χ1) is 8.11. The minimum Gasteiger partial charge on any atom is -0.494 e. The molecule has 1 amide bonds. The number of hydrogen-bond donors (Lipinski definition) is 1. The second kappa shape index (κ2) is 4.71. The number of carbonyl (C=O) groups is 1. The summed E-state index contributed by atoms with van der Waals surface area (Å²) in [4.78, 5) is 13.7. The maximum atomic E-state index is 13.2. The predicted octanol–water partition coefficient (Wildman–Crippen LogP) is 1.01. The lowest BCUT2D eigenvalue weighted by Gasteiger charge is -2.16. The van der Waals surface area contributed by atoms with Gasteiger partial charge in [-0.2, -0.15) is 0 Å². The lowest BCUT2D eigenvalue weighted by atomic mass is 10.2. The van der Waals surface area contributed by atoms with E-state index in [0.29, 0.717) is 18.7 Å². The van der Waals surface area contributed by atoms with Crippen molar-refractivity contribution >= 4 is 5.91 Å². The van der Waals surface area contributed by atoms with Gasteiger partial charge < -0.3 is 15.4 Å². The molecule has 1 aliphatic heterocycles. The number of nitrogens with two attached hydrogens (primary N) is 1. The molecule has 0 unspecified atom stereocenters. The van der Waals surface area contributed by atoms with Gasteiger partial charge in [-0.25, -0.2) is 4.39 Å². The summed E-state index contributed by atoms with van der Waals surface area (Å²) in [5.74, 6) is -0.516. The van der Waals surface area contributed by atoms with Crippen molar-refractivity contribution in [2.45, 2.75) is 12.5 Å². The average Bonchev–Trinajstić information content (AvgIpc) is 2.75. The van der Waals surface area contributed by atoms with Crippen LogP contribution in [0.25, 0.3) is 0 Å². The van der Waals surface area contributed by atoms with Gasteiger partial charge in [0.2, 0.25) is 0 Å². The number of likely N-dealkylation sites (tertiary alicyclic amines) is 1. The molecule has 1 aromatic rings. The zero-order valence-corrected chi connectivity index (χ0v) is 9.65. The van der Waals surface area contributed by atoms with Crippen molar-refractivity contribution in [2.24, 2.45) is 5.73 Å². The third kappa shape index (κ3) is 2.39. The minimum absolute atomic E-state index is 0.0429. The number of ether oxygens (including phenoxy) is 1. The highest BCUT2D eigenvalue weighted by molar-refractivity contribution is 5.94. The molecule has 1 heterocycles. The molecule has 1 atom stereocenters. The van der Waals surface area contributed by atoms with Gasteiger partial charge in [0, 0.05) is 24.7 Å². The highest BCUT2D eigenvalue weighted by atomic mass is 19.1. The largest absolute Gasteiger partial charge is 0.494 e. The molecule has 0 aliphatic carbocycles. The first-order valence-electron chi connectivity index (χ1n) is 5.50. The Labute approximate surface area is 99.2 Å². The number of amides is 1. The molecule has 2 N–H and O–H groups in total. The number of benzene rings is 1. The maximum absolute atomic E-state index is 13.2. The van der Waals surface area contributed by atoms with E-state index in [1.165, 1.54) is 25.3 Å². The summed E-state index contributed by atoms with van der Waals surface area (Å²) in [6, 6.07) is 4.16. The van der Waals surface area contributed by atoms with Crippen molar-refractivity contribution in [3.8, 4) is 5.75 Å². The zero-order valence-electron chi connectivity index (χ0n) is 9.65. The smallest absolute Gasteiger partial charge is 0.254 e. The Morgan fingerprint density at radius 2 is 2.35 bits per heavy atom. The standard InChI is InChI=1S/C12H15FN2O2/c1-17-11-6-8(2-3-10(11)13)12(16)15-5-4-9(14)7-15/h2-3,6,9H,4-5,7,14H2,1H3/t9-/m1/s1. The summed E-state index contributed by atoms with van der Waals surface area (Å²) in [6.07, 6.45) is 0.810. The van der Waals surface area contributed by atoms with E-state index in [2.05, 4.69) is 0 Å². The fraction of sp³-hybridized carbons (Fsp3) is 0.417. The van der Waals surface area contributed by atoms with Gasteiger partial charge in [0.25, 0.3) is 5.91 Å². The first-order valence-corrected chi connectivity index (χ1v) is 5.50. The minimum atomic E-state index is -0.470. The Bertz CT molecular complexity index is 437. The molecule has 5 heteroatoms. The summed E-state index contributed by atoms with van der Waals surface area (Å²) < 4.78 is 18.1. The normalized spacial score (nSPS) is 19.5. The molecule has 0 aromatic heterocycles. The third-order valence-corrected chi connectivity index (χ3v) is 2.91. The number of hydrogen-bond acceptors (Lipinski definition) is 3. The van der Waals surface area contributed by atoms with Crippen LogP contribution in [0.15, 0.2) is 18.2 Å². The Balaban J connectivity index is 2.19. The van der Waals surface area contributed by atoms with E-state index in [1.54, 1.807) is 4.90 Å². The molecule has 1 fully saturated rings. The summed E-state index contributed by atoms with van der Waals surface area (Å²) in [5, 5.41) is 0. The van der Waals surface area contributed by atoms with Gasteiger partial charge >= 0.3 is 0 Å². The average molecular weight is 238 g/mol. The van der Waals surface area contributed by atoms with Crippen molar-refractivity contribution in [2.75, 3.05) is 20.2 Å². The van der Waals surface area contributed by atoms with Gasteiger partial charge in [0.15, 0.2) is 11.6 Å². The van der Waals surface area contributed by atoms with Crippen LogP contribution < -0.4 is 10.5 Å². The molecule has 92 valence electrons. The van der Waals surface area contributed by atoms with E-state index in [1.807, 2.05) is 0 Å². The van der Waals surface area contributed by atoms with Gasteiger partial charge in [0.1, 0.15) is 0 Å². The summed E-state index contributed by atoms with van der Waals surface area (Å²) >= 11 is 0. The van der Waals surface area contributed by atoms with Crippen LogP contribution in [-0.2, 0) is 0 Å². The summed E-state index contributed by atoms with van der Waals surface area (Å²) in [7, 11) is 1.37. The van der Waals surface area contributed by atoms with Gasteiger partial charge in [-0.3, -0.25) is 4.79 Å². The van der Waals surface area contributed by atoms with E-state index in [-0.39, 0.29) is 17.7 Å². The zero-order chi connectivity index (χ0) is 12.4. The van der Waals surface area contributed by atoms with Crippen LogP contribution in [0.5, 0.6) is 5.75 Å². The van der Waals surface area contributed by atoms with Crippen molar-refractivity contribution in [3.63, 3.8) is 0 Å². The third-order valence-electron chi connectivity index (χ3n) is 2.91. The Hall–Kier alpha value is -1.62. The van der Waals surface area contributed by atoms with Crippen molar-refractivity contribution in [3.05, 3.63) is 29.6 Å². The first kappa shape index (κ1) is 11.9. The van der Waals surface area contributed by atoms with E-state index in [4.69, 9.17) is 10.5 Å². The van der Waals surface area contributed by atoms with Gasteiger partial charge in [0.05, 0.1) is 7.11 Å². The van der Waals surface area contributed by atoms with Crippen LogP contribution in [0, 0.1) is 5.82 Å². The van der Waals surface area contributed by atoms with Crippen molar-refractivity contribution in [1.82, 2.24) is 4.90 Å². The molecule has 0 radical (unpaired) electrons. The second-order valence-corrected chi connectivity index (χ2v) is 4.15. The van der Waals surface area contributed by atoms with E-state index in [9.17, 15) is 9.18 Å². The van der Waals surface area contributed by atoms with Crippen LogP contribution in [0.2, 0.25) is 0 Å². The van der Waals surface area contributed by atoms with Crippen molar-refractivity contribution < 1.29 is 13.9 Å². The molecular weight excluding hydrogens is 223 g/mol. The summed E-state index contributed by atoms with van der Waals surface area (Å²) in [6.45, 7) is 1.21. The number of halogens is 1. The quantitative estimate of drug-likeness (QED) is 0.836. The lowest BCUT2D eigenvalue weighted by molar-refractivity contribution is 0.0790. The molecule has 1 aromatic carbocycles. The van der Waals surface area contributed by atoms with Gasteiger partial charge in [-0.15, -0.1) is 0 Å². The Kier molecular flexibility index (Phi) is 3.28. The van der Waals surface area contributed by atoms with Gasteiger partial charge in [-0.05, 0) is 24.6 Å². The maximum Gasteiger partial charge on any atom is 0.254 e. The number of methoxy groups -OCH3 is 1. The fourth-order valence-corrected chi connectivity index (χ4v) is 1.95. The highest BCUT2D eigenvalue weighted by Crippen LogP contribution is 2.20.